The third-order valence-electron chi connectivity index (χ3n) is 3.96. The summed E-state index contributed by atoms with van der Waals surface area (Å²) in [5.41, 5.74) is -1.45. The standard InChI is InChI=1S/C13H11BrF3NO/c14-9-3-1-2-8(13(15,16)17)10(9)11(19)18-12-4-7(5-12)6-12/h1-3,7H,4-6H2,(H,18,19). The smallest absolute Gasteiger partial charge is 0.347 e. The second kappa shape index (κ2) is 3.98. The van der Waals surface area contributed by atoms with Crippen LogP contribution in [0, 0.1) is 5.92 Å². The molecule has 3 aliphatic rings. The highest BCUT2D eigenvalue weighted by Gasteiger charge is 2.57. The number of nitrogens with one attached hydrogen (secondary N) is 1. The second-order valence-electron chi connectivity index (χ2n) is 5.37. The third kappa shape index (κ3) is 2.06. The summed E-state index contributed by atoms with van der Waals surface area (Å²) in [6.45, 7) is 0. The maximum atomic E-state index is 12.9. The first-order valence-corrected chi connectivity index (χ1v) is 6.78. The highest BCUT2D eigenvalue weighted by molar-refractivity contribution is 9.10. The van der Waals surface area contributed by atoms with Crippen molar-refractivity contribution in [2.24, 2.45) is 5.92 Å². The van der Waals surface area contributed by atoms with Crippen LogP contribution in [-0.4, -0.2) is 11.4 Å². The number of benzene rings is 1. The molecule has 1 N–H and O–H groups in total. The van der Waals surface area contributed by atoms with E-state index in [1.165, 1.54) is 12.1 Å². The van der Waals surface area contributed by atoms with E-state index in [9.17, 15) is 18.0 Å². The quantitative estimate of drug-likeness (QED) is 0.877. The van der Waals surface area contributed by atoms with E-state index < -0.39 is 17.6 Å². The van der Waals surface area contributed by atoms with Crippen molar-refractivity contribution in [3.63, 3.8) is 0 Å². The van der Waals surface area contributed by atoms with E-state index in [1.807, 2.05) is 0 Å². The number of halogens is 4. The molecule has 2 nitrogen and oxygen atoms in total. The molecule has 3 fully saturated rings. The summed E-state index contributed by atoms with van der Waals surface area (Å²) in [5.74, 6) is 0.0135. The first kappa shape index (κ1) is 13.0. The largest absolute Gasteiger partial charge is 0.417 e. The van der Waals surface area contributed by atoms with Crippen molar-refractivity contribution in [1.82, 2.24) is 5.32 Å². The van der Waals surface area contributed by atoms with Crippen molar-refractivity contribution in [3.8, 4) is 0 Å². The van der Waals surface area contributed by atoms with E-state index in [0.29, 0.717) is 5.92 Å². The molecule has 3 saturated carbocycles. The van der Waals surface area contributed by atoms with Crippen LogP contribution in [0.5, 0.6) is 0 Å². The fraction of sp³-hybridized carbons (Fsp3) is 0.462. The average Bonchev–Trinajstić information content (AvgIpc) is 2.19. The zero-order valence-corrected chi connectivity index (χ0v) is 11.4. The van der Waals surface area contributed by atoms with Crippen LogP contribution >= 0.6 is 15.9 Å². The highest BCUT2D eigenvalue weighted by atomic mass is 79.9. The predicted octanol–water partition coefficient (Wildman–Crippen LogP) is 3.75. The lowest BCUT2D eigenvalue weighted by atomic mass is 9.50. The minimum Gasteiger partial charge on any atom is -0.347 e. The fourth-order valence-corrected chi connectivity index (χ4v) is 3.47. The van der Waals surface area contributed by atoms with Gasteiger partial charge in [-0.25, -0.2) is 0 Å². The van der Waals surface area contributed by atoms with Gasteiger partial charge in [0.1, 0.15) is 0 Å². The molecule has 1 amide bonds. The highest BCUT2D eigenvalue weighted by Crippen LogP contribution is 2.57. The van der Waals surface area contributed by atoms with Crippen LogP contribution in [-0.2, 0) is 6.18 Å². The zero-order valence-electron chi connectivity index (χ0n) is 9.85. The van der Waals surface area contributed by atoms with Crippen molar-refractivity contribution >= 4 is 21.8 Å². The molecule has 4 rings (SSSR count). The van der Waals surface area contributed by atoms with Crippen molar-refractivity contribution in [1.29, 1.82) is 0 Å². The van der Waals surface area contributed by atoms with Gasteiger partial charge in [-0.3, -0.25) is 4.79 Å². The van der Waals surface area contributed by atoms with E-state index in [-0.39, 0.29) is 15.6 Å². The molecule has 0 aromatic heterocycles. The van der Waals surface area contributed by atoms with Crippen LogP contribution in [0.4, 0.5) is 13.2 Å². The molecule has 6 heteroatoms. The summed E-state index contributed by atoms with van der Waals surface area (Å²) >= 11 is 3.04. The molecule has 0 radical (unpaired) electrons. The van der Waals surface area contributed by atoms with Gasteiger partial charge in [0, 0.05) is 10.0 Å². The van der Waals surface area contributed by atoms with Gasteiger partial charge in [-0.15, -0.1) is 0 Å². The summed E-state index contributed by atoms with van der Waals surface area (Å²) < 4.78 is 39.0. The monoisotopic (exact) mass is 333 g/mol. The third-order valence-corrected chi connectivity index (χ3v) is 4.62. The molecule has 0 heterocycles. The lowest BCUT2D eigenvalue weighted by Gasteiger charge is -2.61. The maximum absolute atomic E-state index is 12.9. The van der Waals surface area contributed by atoms with Gasteiger partial charge < -0.3 is 5.32 Å². The van der Waals surface area contributed by atoms with Gasteiger partial charge in [0.05, 0.1) is 11.1 Å². The maximum Gasteiger partial charge on any atom is 0.417 e. The summed E-state index contributed by atoms with van der Waals surface area (Å²) in [7, 11) is 0. The Labute approximate surface area is 116 Å². The van der Waals surface area contributed by atoms with Crippen LogP contribution in [0.3, 0.4) is 0 Å². The van der Waals surface area contributed by atoms with E-state index >= 15 is 0 Å². The Morgan fingerprint density at radius 3 is 2.42 bits per heavy atom. The molecule has 2 bridgehead atoms. The van der Waals surface area contributed by atoms with Gasteiger partial charge >= 0.3 is 6.18 Å². The van der Waals surface area contributed by atoms with Crippen molar-refractivity contribution in [2.45, 2.75) is 31.0 Å². The van der Waals surface area contributed by atoms with Crippen LogP contribution in [0.2, 0.25) is 0 Å². The minimum absolute atomic E-state index is 0.173. The molecule has 0 saturated heterocycles. The Kier molecular flexibility index (Phi) is 2.71. The first-order chi connectivity index (χ1) is 8.81. The lowest BCUT2D eigenvalue weighted by molar-refractivity contribution is -0.138. The molecular formula is C13H11BrF3NO. The van der Waals surface area contributed by atoms with Gasteiger partial charge in [-0.05, 0) is 53.2 Å². The number of hydrogen-bond donors (Lipinski definition) is 1. The Hall–Kier alpha value is -1.04. The molecule has 1 aromatic carbocycles. The lowest BCUT2D eigenvalue weighted by Crippen LogP contribution is -2.68. The molecular weight excluding hydrogens is 323 g/mol. The molecule has 0 unspecified atom stereocenters. The SMILES string of the molecule is O=C(NC12CC(C1)C2)c1c(Br)cccc1C(F)(F)F. The van der Waals surface area contributed by atoms with E-state index in [0.717, 1.165) is 25.3 Å². The van der Waals surface area contributed by atoms with Crippen LogP contribution in [0.1, 0.15) is 35.2 Å². The average molecular weight is 334 g/mol. The topological polar surface area (TPSA) is 29.1 Å². The molecule has 0 aliphatic heterocycles. The van der Waals surface area contributed by atoms with Gasteiger partial charge in [0.25, 0.3) is 5.91 Å². The van der Waals surface area contributed by atoms with Crippen molar-refractivity contribution in [3.05, 3.63) is 33.8 Å². The first-order valence-electron chi connectivity index (χ1n) is 5.99. The van der Waals surface area contributed by atoms with Crippen LogP contribution in [0.25, 0.3) is 0 Å². The number of carbonyl (C=O) groups is 1. The Morgan fingerprint density at radius 2 is 1.95 bits per heavy atom. The molecule has 19 heavy (non-hydrogen) atoms. The normalized spacial score (nSPS) is 28.3. The Balaban J connectivity index is 1.92. The van der Waals surface area contributed by atoms with Crippen LogP contribution in [0.15, 0.2) is 22.7 Å². The Bertz CT molecular complexity index is 538. The molecule has 0 spiro atoms. The number of alkyl halides is 3. The molecule has 102 valence electrons. The Morgan fingerprint density at radius 1 is 1.32 bits per heavy atom. The molecule has 3 aliphatic carbocycles. The van der Waals surface area contributed by atoms with Crippen LogP contribution < -0.4 is 5.32 Å². The van der Waals surface area contributed by atoms with Gasteiger partial charge in [-0.2, -0.15) is 13.2 Å². The summed E-state index contributed by atoms with van der Waals surface area (Å²) in [6, 6.07) is 3.67. The van der Waals surface area contributed by atoms with E-state index in [2.05, 4.69) is 21.2 Å². The number of rotatable bonds is 2. The van der Waals surface area contributed by atoms with Crippen molar-refractivity contribution in [2.75, 3.05) is 0 Å². The number of hydrogen-bond acceptors (Lipinski definition) is 1. The molecule has 1 aromatic rings. The fourth-order valence-electron chi connectivity index (χ4n) is 2.93. The number of carbonyl (C=O) groups excluding carboxylic acids is 1. The second-order valence-corrected chi connectivity index (χ2v) is 6.23. The summed E-state index contributed by atoms with van der Waals surface area (Å²) in [4.78, 5) is 12.1. The van der Waals surface area contributed by atoms with E-state index in [1.54, 1.807) is 0 Å². The molecule has 0 atom stereocenters. The van der Waals surface area contributed by atoms with E-state index in [4.69, 9.17) is 0 Å². The zero-order chi connectivity index (χ0) is 13.8. The predicted molar refractivity (Wildman–Crippen MR) is 66.7 cm³/mol. The summed E-state index contributed by atoms with van der Waals surface area (Å²) in [6.07, 6.45) is -1.85. The van der Waals surface area contributed by atoms with Crippen molar-refractivity contribution < 1.29 is 18.0 Å². The minimum atomic E-state index is -4.53. The van der Waals surface area contributed by atoms with Gasteiger partial charge in [0.15, 0.2) is 0 Å². The van der Waals surface area contributed by atoms with Gasteiger partial charge in [0.2, 0.25) is 0 Å². The summed E-state index contributed by atoms with van der Waals surface area (Å²) in [5, 5.41) is 2.76. The van der Waals surface area contributed by atoms with Gasteiger partial charge in [-0.1, -0.05) is 6.07 Å². The number of amides is 1.